The first-order valence-corrected chi connectivity index (χ1v) is 9.83. The van der Waals surface area contributed by atoms with Crippen LogP contribution in [-0.2, 0) is 11.2 Å². The molecule has 0 radical (unpaired) electrons. The highest BCUT2D eigenvalue weighted by Gasteiger charge is 2.09. The molecule has 0 bridgehead atoms. The van der Waals surface area contributed by atoms with E-state index in [0.29, 0.717) is 17.1 Å². The molecular formula is C24H22FN5O. The molecule has 0 fully saturated rings. The van der Waals surface area contributed by atoms with Crippen LogP contribution in [0.5, 0.6) is 0 Å². The van der Waals surface area contributed by atoms with Gasteiger partial charge in [-0.2, -0.15) is 4.98 Å². The minimum atomic E-state index is -0.611. The van der Waals surface area contributed by atoms with Crippen LogP contribution in [0.15, 0.2) is 61.0 Å². The number of benzene rings is 1. The molecule has 0 aliphatic carbocycles. The van der Waals surface area contributed by atoms with Crippen molar-refractivity contribution < 1.29 is 9.18 Å². The highest BCUT2D eigenvalue weighted by molar-refractivity contribution is 5.99. The van der Waals surface area contributed by atoms with E-state index in [0.717, 1.165) is 31.0 Å². The number of rotatable bonds is 9. The summed E-state index contributed by atoms with van der Waals surface area (Å²) in [6, 6.07) is 16.8. The van der Waals surface area contributed by atoms with Gasteiger partial charge < -0.3 is 16.0 Å². The maximum atomic E-state index is 14.3. The quantitative estimate of drug-likeness (QED) is 0.325. The monoisotopic (exact) mass is 415 g/mol. The van der Waals surface area contributed by atoms with E-state index in [2.05, 4.69) is 57.3 Å². The first-order chi connectivity index (χ1) is 15.1. The van der Waals surface area contributed by atoms with Crippen molar-refractivity contribution in [1.82, 2.24) is 9.97 Å². The molecule has 3 rings (SSSR count). The van der Waals surface area contributed by atoms with Gasteiger partial charge in [-0.05, 0) is 49.2 Å². The van der Waals surface area contributed by atoms with Crippen molar-refractivity contribution in [2.24, 2.45) is 0 Å². The number of anilines is 5. The Morgan fingerprint density at radius 2 is 2.06 bits per heavy atom. The topological polar surface area (TPSA) is 78.9 Å². The van der Waals surface area contributed by atoms with Gasteiger partial charge in [0.15, 0.2) is 11.6 Å². The van der Waals surface area contributed by atoms with Gasteiger partial charge in [-0.25, -0.2) is 9.37 Å². The van der Waals surface area contributed by atoms with Gasteiger partial charge >= 0.3 is 0 Å². The molecule has 6 nitrogen and oxygen atoms in total. The van der Waals surface area contributed by atoms with Crippen LogP contribution in [-0.4, -0.2) is 15.9 Å². The van der Waals surface area contributed by atoms with Crippen molar-refractivity contribution in [2.75, 3.05) is 16.0 Å². The number of carbonyl (C=O) groups is 1. The van der Waals surface area contributed by atoms with Gasteiger partial charge in [-0.3, -0.25) is 4.79 Å². The third-order valence-electron chi connectivity index (χ3n) is 4.23. The summed E-state index contributed by atoms with van der Waals surface area (Å²) in [5.41, 5.74) is 5.21. The maximum absolute atomic E-state index is 14.3. The third-order valence-corrected chi connectivity index (χ3v) is 4.23. The van der Waals surface area contributed by atoms with Crippen LogP contribution in [0.2, 0.25) is 0 Å². The van der Waals surface area contributed by atoms with Crippen LogP contribution in [0.1, 0.15) is 25.3 Å². The Morgan fingerprint density at radius 1 is 1.23 bits per heavy atom. The average molecular weight is 415 g/mol. The first kappa shape index (κ1) is 21.6. The molecule has 3 aromatic rings. The molecule has 0 saturated carbocycles. The standard InChI is InChI=1S/C24H22FN5O/c1-3-5-8-17-11-13-18(14-12-17)29-24-26-16-21(25)23(30-24)28-20-10-6-9-19(15-20)27-22(31)7-4-2/h6-7,9-11,13,15-16H,2-3,5,8H2,1H3,(H,27,31)(H2,26,28,29,30). The van der Waals surface area contributed by atoms with Crippen molar-refractivity contribution in [3.05, 3.63) is 84.5 Å². The highest BCUT2D eigenvalue weighted by Crippen LogP contribution is 2.22. The zero-order chi connectivity index (χ0) is 22.1. The Labute approximate surface area is 181 Å². The molecule has 1 heterocycles. The molecule has 0 unspecified atom stereocenters. The number of unbranched alkanes of at least 4 members (excludes halogenated alkanes) is 1. The number of nitrogens with one attached hydrogen (secondary N) is 3. The summed E-state index contributed by atoms with van der Waals surface area (Å²) in [5, 5.41) is 8.57. The van der Waals surface area contributed by atoms with Crippen LogP contribution >= 0.6 is 0 Å². The van der Waals surface area contributed by atoms with Gasteiger partial charge in [0.2, 0.25) is 5.95 Å². The fourth-order valence-electron chi connectivity index (χ4n) is 2.72. The predicted molar refractivity (Wildman–Crippen MR) is 120 cm³/mol. The molecule has 0 spiro atoms. The second-order valence-corrected chi connectivity index (χ2v) is 6.68. The maximum Gasteiger partial charge on any atom is 0.256 e. The Bertz CT molecular complexity index is 1090. The minimum Gasteiger partial charge on any atom is -0.338 e. The lowest BCUT2D eigenvalue weighted by molar-refractivity contribution is -0.111. The molecule has 7 heteroatoms. The van der Waals surface area contributed by atoms with Crippen molar-refractivity contribution in [3.8, 4) is 0 Å². The van der Waals surface area contributed by atoms with E-state index in [1.165, 1.54) is 6.08 Å². The normalized spacial score (nSPS) is 9.87. The Hall–Kier alpha value is -4.14. The number of halogens is 1. The second-order valence-electron chi connectivity index (χ2n) is 6.68. The number of hydrogen-bond donors (Lipinski definition) is 3. The van der Waals surface area contributed by atoms with Gasteiger partial charge in [0.1, 0.15) is 0 Å². The Balaban J connectivity index is 1.71. The van der Waals surface area contributed by atoms with Crippen molar-refractivity contribution in [3.63, 3.8) is 0 Å². The molecular weight excluding hydrogens is 393 g/mol. The molecule has 1 amide bonds. The summed E-state index contributed by atoms with van der Waals surface area (Å²) in [6.45, 7) is 5.50. The first-order valence-electron chi connectivity index (χ1n) is 9.83. The summed E-state index contributed by atoms with van der Waals surface area (Å²) in [5.74, 6) is -0.758. The smallest absolute Gasteiger partial charge is 0.256 e. The molecule has 0 aliphatic rings. The zero-order valence-corrected chi connectivity index (χ0v) is 17.1. The zero-order valence-electron chi connectivity index (χ0n) is 17.1. The third kappa shape index (κ3) is 6.43. The van der Waals surface area contributed by atoms with Gasteiger partial charge in [0.25, 0.3) is 5.91 Å². The molecule has 31 heavy (non-hydrogen) atoms. The van der Waals surface area contributed by atoms with Crippen molar-refractivity contribution >= 4 is 34.7 Å². The number of hydrogen-bond acceptors (Lipinski definition) is 5. The van der Waals surface area contributed by atoms with Crippen LogP contribution in [0.25, 0.3) is 0 Å². The summed E-state index contributed by atoms with van der Waals surface area (Å²) < 4.78 is 14.3. The average Bonchev–Trinajstić information content (AvgIpc) is 2.76. The highest BCUT2D eigenvalue weighted by atomic mass is 19.1. The van der Waals surface area contributed by atoms with Crippen molar-refractivity contribution in [1.29, 1.82) is 0 Å². The summed E-state index contributed by atoms with van der Waals surface area (Å²) >= 11 is 0. The van der Waals surface area contributed by atoms with Crippen LogP contribution < -0.4 is 16.0 Å². The van der Waals surface area contributed by atoms with Gasteiger partial charge in [0, 0.05) is 23.0 Å². The lowest BCUT2D eigenvalue weighted by Crippen LogP contribution is -2.08. The number of amides is 1. The lowest BCUT2D eigenvalue weighted by Gasteiger charge is -2.10. The number of aryl methyl sites for hydroxylation is 1. The molecule has 0 aliphatic heterocycles. The molecule has 156 valence electrons. The van der Waals surface area contributed by atoms with Crippen LogP contribution in [0.3, 0.4) is 0 Å². The van der Waals surface area contributed by atoms with E-state index in [1.54, 1.807) is 24.3 Å². The van der Waals surface area contributed by atoms with E-state index >= 15 is 0 Å². The van der Waals surface area contributed by atoms with Gasteiger partial charge in [-0.15, -0.1) is 5.73 Å². The summed E-state index contributed by atoms with van der Waals surface area (Å²) in [7, 11) is 0. The molecule has 0 saturated heterocycles. The summed E-state index contributed by atoms with van der Waals surface area (Å²) in [6.07, 6.45) is 5.44. The second kappa shape index (κ2) is 10.6. The number of carbonyl (C=O) groups excluding carboxylic acids is 1. The number of aromatic nitrogens is 2. The van der Waals surface area contributed by atoms with Crippen LogP contribution in [0, 0.1) is 17.9 Å². The fourth-order valence-corrected chi connectivity index (χ4v) is 2.72. The molecule has 0 atom stereocenters. The van der Waals surface area contributed by atoms with E-state index in [-0.39, 0.29) is 17.7 Å². The Morgan fingerprint density at radius 3 is 2.81 bits per heavy atom. The largest absolute Gasteiger partial charge is 0.338 e. The van der Waals surface area contributed by atoms with Gasteiger partial charge in [-0.1, -0.05) is 32.1 Å². The van der Waals surface area contributed by atoms with E-state index in [4.69, 9.17) is 0 Å². The molecule has 2 aromatic carbocycles. The minimum absolute atomic E-state index is 0.00416. The van der Waals surface area contributed by atoms with Gasteiger partial charge in [0.05, 0.1) is 11.9 Å². The Kier molecular flexibility index (Phi) is 7.36. The van der Waals surface area contributed by atoms with E-state index in [9.17, 15) is 9.18 Å². The molecule has 1 aromatic heterocycles. The molecule has 3 N–H and O–H groups in total. The van der Waals surface area contributed by atoms with E-state index in [1.807, 2.05) is 12.1 Å². The lowest BCUT2D eigenvalue weighted by atomic mass is 10.1. The summed E-state index contributed by atoms with van der Waals surface area (Å²) in [4.78, 5) is 19.8. The number of nitrogens with zero attached hydrogens (tertiary/aromatic N) is 2. The van der Waals surface area contributed by atoms with E-state index < -0.39 is 5.82 Å². The van der Waals surface area contributed by atoms with Crippen LogP contribution in [0.4, 0.5) is 33.2 Å². The SMILES string of the molecule is C=C=CC(=O)Nc1cccc(Nc2nc(Nc3c#cc(CCCC)cc3)ncc2F)c1. The van der Waals surface area contributed by atoms with Crippen molar-refractivity contribution in [2.45, 2.75) is 26.2 Å². The predicted octanol–water partition coefficient (Wildman–Crippen LogP) is 5.33. The fraction of sp³-hybridized carbons (Fsp3) is 0.167.